The number of nitrogens with zero attached hydrogens (tertiary/aromatic N) is 1. The number of hydrogen-bond donors (Lipinski definition) is 0. The molecule has 1 saturated carbocycles. The van der Waals surface area contributed by atoms with E-state index >= 15 is 0 Å². The lowest BCUT2D eigenvalue weighted by Gasteiger charge is -2.35. The fourth-order valence-corrected chi connectivity index (χ4v) is 4.09. The Hall–Kier alpha value is -2.19. The first-order valence-corrected chi connectivity index (χ1v) is 8.55. The van der Waals surface area contributed by atoms with Crippen LogP contribution in [0.25, 0.3) is 0 Å². The zero-order valence-electron chi connectivity index (χ0n) is 15.9. The standard InChI is InChI=1S/C17H25NO8/c1-9(24-11(3)19)12(18(22)23)10(2)25-14(21)17-8-7-16(6,13(20)26-17)15(17,4)5/h9-10,12H,7-8H2,1-6H3. The third kappa shape index (κ3) is 2.64. The van der Waals surface area contributed by atoms with Crippen LogP contribution in [0, 0.1) is 20.9 Å². The fourth-order valence-electron chi connectivity index (χ4n) is 4.09. The van der Waals surface area contributed by atoms with E-state index < -0.39 is 57.5 Å². The summed E-state index contributed by atoms with van der Waals surface area (Å²) in [6.45, 7) is 9.16. The molecule has 2 bridgehead atoms. The maximum atomic E-state index is 12.9. The number of rotatable bonds is 6. The predicted molar refractivity (Wildman–Crippen MR) is 87.5 cm³/mol. The molecule has 9 heteroatoms. The fraction of sp³-hybridized carbons (Fsp3) is 0.824. The Kier molecular flexibility index (Phi) is 4.80. The minimum absolute atomic E-state index is 0.302. The number of hydrogen-bond acceptors (Lipinski definition) is 8. The lowest BCUT2D eigenvalue weighted by atomic mass is 9.66. The number of carbonyl (C=O) groups is 3. The zero-order valence-corrected chi connectivity index (χ0v) is 15.9. The highest BCUT2D eigenvalue weighted by Gasteiger charge is 2.76. The van der Waals surface area contributed by atoms with Crippen LogP contribution < -0.4 is 0 Å². The summed E-state index contributed by atoms with van der Waals surface area (Å²) in [5.74, 6) is -1.93. The van der Waals surface area contributed by atoms with E-state index in [9.17, 15) is 24.5 Å². The van der Waals surface area contributed by atoms with Crippen LogP contribution in [0.1, 0.15) is 54.4 Å². The van der Waals surface area contributed by atoms with Crippen molar-refractivity contribution in [3.63, 3.8) is 0 Å². The van der Waals surface area contributed by atoms with Crippen LogP contribution >= 0.6 is 0 Å². The molecule has 1 aliphatic heterocycles. The average molecular weight is 371 g/mol. The summed E-state index contributed by atoms with van der Waals surface area (Å²) in [7, 11) is 0. The largest absolute Gasteiger partial charge is 0.455 e. The van der Waals surface area contributed by atoms with E-state index in [1.54, 1.807) is 20.8 Å². The third-order valence-electron chi connectivity index (χ3n) is 6.26. The van der Waals surface area contributed by atoms with Gasteiger partial charge in [-0.2, -0.15) is 0 Å². The first kappa shape index (κ1) is 20.1. The average Bonchev–Trinajstić information content (AvgIpc) is 2.76. The smallest absolute Gasteiger partial charge is 0.351 e. The van der Waals surface area contributed by atoms with Crippen molar-refractivity contribution in [1.29, 1.82) is 0 Å². The zero-order chi connectivity index (χ0) is 20.1. The van der Waals surface area contributed by atoms with Crippen LogP contribution in [0.4, 0.5) is 0 Å². The summed E-state index contributed by atoms with van der Waals surface area (Å²) >= 11 is 0. The predicted octanol–water partition coefficient (Wildman–Crippen LogP) is 1.64. The van der Waals surface area contributed by atoms with Crippen LogP contribution in [0.5, 0.6) is 0 Å². The van der Waals surface area contributed by atoms with Crippen LogP contribution in [0.15, 0.2) is 0 Å². The van der Waals surface area contributed by atoms with Gasteiger partial charge in [0.2, 0.25) is 5.60 Å². The third-order valence-corrected chi connectivity index (χ3v) is 6.26. The molecule has 146 valence electrons. The van der Waals surface area contributed by atoms with Crippen LogP contribution in [-0.4, -0.2) is 46.7 Å². The van der Waals surface area contributed by atoms with E-state index in [1.807, 2.05) is 0 Å². The Morgan fingerprint density at radius 2 is 1.69 bits per heavy atom. The SMILES string of the molecule is CC(=O)OC(C)C(C(C)OC(=O)C12CCC(C)(C(=O)O1)C2(C)C)[N+](=O)[O-]. The monoisotopic (exact) mass is 371 g/mol. The van der Waals surface area contributed by atoms with Gasteiger partial charge in [0.15, 0.2) is 12.2 Å². The second kappa shape index (κ2) is 6.21. The van der Waals surface area contributed by atoms with Gasteiger partial charge in [-0.25, -0.2) is 4.79 Å². The van der Waals surface area contributed by atoms with Gasteiger partial charge in [0.05, 0.1) is 5.41 Å². The van der Waals surface area contributed by atoms with Crippen LogP contribution in [-0.2, 0) is 28.6 Å². The van der Waals surface area contributed by atoms with Gasteiger partial charge in [-0.1, -0.05) is 13.8 Å². The van der Waals surface area contributed by atoms with E-state index in [0.29, 0.717) is 12.8 Å². The van der Waals surface area contributed by atoms with Gasteiger partial charge in [-0.05, 0) is 33.6 Å². The summed E-state index contributed by atoms with van der Waals surface area (Å²) in [4.78, 5) is 47.0. The topological polar surface area (TPSA) is 122 Å². The van der Waals surface area contributed by atoms with Crippen molar-refractivity contribution in [2.75, 3.05) is 0 Å². The van der Waals surface area contributed by atoms with Crippen LogP contribution in [0.3, 0.4) is 0 Å². The molecule has 0 spiro atoms. The molecule has 1 aliphatic carbocycles. The molecule has 1 saturated heterocycles. The molecule has 1 heterocycles. The number of esters is 3. The Balaban J connectivity index is 2.22. The van der Waals surface area contributed by atoms with E-state index in [4.69, 9.17) is 14.2 Å². The summed E-state index contributed by atoms with van der Waals surface area (Å²) < 4.78 is 15.7. The molecule has 0 aromatic rings. The molecular formula is C17H25NO8. The molecule has 5 atom stereocenters. The Morgan fingerprint density at radius 3 is 2.08 bits per heavy atom. The number of ether oxygens (including phenoxy) is 3. The molecule has 0 radical (unpaired) electrons. The summed E-state index contributed by atoms with van der Waals surface area (Å²) in [6, 6.07) is -1.44. The van der Waals surface area contributed by atoms with Crippen molar-refractivity contribution in [1.82, 2.24) is 0 Å². The van der Waals surface area contributed by atoms with E-state index in [1.165, 1.54) is 13.8 Å². The summed E-state index contributed by atoms with van der Waals surface area (Å²) in [6.07, 6.45) is -1.49. The molecule has 2 fully saturated rings. The Labute approximate surface area is 151 Å². The highest BCUT2D eigenvalue weighted by molar-refractivity contribution is 5.93. The molecule has 26 heavy (non-hydrogen) atoms. The maximum absolute atomic E-state index is 12.9. The van der Waals surface area contributed by atoms with Gasteiger partial charge in [0.25, 0.3) is 6.04 Å². The van der Waals surface area contributed by atoms with Gasteiger partial charge in [-0.15, -0.1) is 0 Å². The first-order valence-electron chi connectivity index (χ1n) is 8.55. The minimum Gasteiger partial charge on any atom is -0.455 e. The second-order valence-corrected chi connectivity index (χ2v) is 7.87. The van der Waals surface area contributed by atoms with Crippen molar-refractivity contribution in [3.05, 3.63) is 10.1 Å². The van der Waals surface area contributed by atoms with Gasteiger partial charge >= 0.3 is 17.9 Å². The normalized spacial score (nSPS) is 32.3. The van der Waals surface area contributed by atoms with Gasteiger partial charge < -0.3 is 14.2 Å². The van der Waals surface area contributed by atoms with Gasteiger partial charge in [0, 0.05) is 17.3 Å². The summed E-state index contributed by atoms with van der Waals surface area (Å²) in [5, 5.41) is 11.4. The van der Waals surface area contributed by atoms with Gasteiger partial charge in [0.1, 0.15) is 0 Å². The second-order valence-electron chi connectivity index (χ2n) is 7.87. The summed E-state index contributed by atoms with van der Waals surface area (Å²) in [5.41, 5.74) is -3.07. The highest BCUT2D eigenvalue weighted by atomic mass is 16.7. The first-order chi connectivity index (χ1) is 11.8. The highest BCUT2D eigenvalue weighted by Crippen LogP contribution is 2.65. The molecule has 5 unspecified atom stereocenters. The molecule has 0 aromatic heterocycles. The Bertz CT molecular complexity index is 659. The molecule has 0 aromatic carbocycles. The van der Waals surface area contributed by atoms with E-state index in [-0.39, 0.29) is 0 Å². The molecule has 9 nitrogen and oxygen atoms in total. The molecule has 0 N–H and O–H groups in total. The van der Waals surface area contributed by atoms with E-state index in [0.717, 1.165) is 6.92 Å². The van der Waals surface area contributed by atoms with Crippen molar-refractivity contribution < 1.29 is 33.5 Å². The Morgan fingerprint density at radius 1 is 1.15 bits per heavy atom. The van der Waals surface area contributed by atoms with Gasteiger partial charge in [-0.3, -0.25) is 19.7 Å². The minimum atomic E-state index is -1.46. The molecule has 2 aliphatic rings. The molecular weight excluding hydrogens is 346 g/mol. The molecule has 0 amide bonds. The number of fused-ring (bicyclic) bond motifs is 2. The molecule has 2 rings (SSSR count). The quantitative estimate of drug-likeness (QED) is 0.299. The van der Waals surface area contributed by atoms with Crippen molar-refractivity contribution in [3.8, 4) is 0 Å². The van der Waals surface area contributed by atoms with Crippen molar-refractivity contribution in [2.45, 2.75) is 78.2 Å². The maximum Gasteiger partial charge on any atom is 0.351 e. The van der Waals surface area contributed by atoms with Crippen molar-refractivity contribution in [2.24, 2.45) is 10.8 Å². The number of nitro groups is 1. The van der Waals surface area contributed by atoms with Crippen LogP contribution in [0.2, 0.25) is 0 Å². The lowest BCUT2D eigenvalue weighted by molar-refractivity contribution is -0.543. The van der Waals surface area contributed by atoms with Crippen molar-refractivity contribution >= 4 is 17.9 Å². The van der Waals surface area contributed by atoms with E-state index in [2.05, 4.69) is 0 Å². The number of carbonyl (C=O) groups excluding carboxylic acids is 3. The lowest BCUT2D eigenvalue weighted by Crippen LogP contribution is -2.52.